The van der Waals surface area contributed by atoms with Crippen molar-refractivity contribution in [3.8, 4) is 0 Å². The molecule has 0 radical (unpaired) electrons. The summed E-state index contributed by atoms with van der Waals surface area (Å²) in [5, 5.41) is 0. The van der Waals surface area contributed by atoms with Crippen LogP contribution in [0.2, 0.25) is 0 Å². The van der Waals surface area contributed by atoms with E-state index >= 15 is 0 Å². The molecule has 0 heterocycles. The lowest BCUT2D eigenvalue weighted by Crippen LogP contribution is -2.41. The van der Waals surface area contributed by atoms with E-state index in [4.69, 9.17) is 0 Å². The summed E-state index contributed by atoms with van der Waals surface area (Å²) in [4.78, 5) is 13.0. The molecule has 0 aliphatic carbocycles. The first kappa shape index (κ1) is 17.9. The van der Waals surface area contributed by atoms with Crippen molar-refractivity contribution in [1.29, 1.82) is 0 Å². The maximum absolute atomic E-state index is 12.7. The Morgan fingerprint density at radius 2 is 1.46 bits per heavy atom. The van der Waals surface area contributed by atoms with Gasteiger partial charge in [-0.15, -0.1) is 4.83 Å². The number of halogens is 4. The van der Waals surface area contributed by atoms with Crippen LogP contribution in [0.25, 0.3) is 0 Å². The van der Waals surface area contributed by atoms with Crippen LogP contribution in [0.15, 0.2) is 53.4 Å². The molecule has 2 rings (SSSR count). The van der Waals surface area contributed by atoms with E-state index in [2.05, 4.69) is 0 Å². The molecular weight excluding hydrogens is 352 g/mol. The standard InChI is InChI=1S/C14H10F4N2O3S/c15-11-5-1-9(2-6-11)13(21)19-20-24(22,23)12-7-3-10(4-8-12)14(16,17)18/h1-8,20H,(H,19,21). The maximum atomic E-state index is 12.7. The highest BCUT2D eigenvalue weighted by atomic mass is 32.2. The van der Waals surface area contributed by atoms with Gasteiger partial charge in [0.25, 0.3) is 15.9 Å². The molecule has 5 nitrogen and oxygen atoms in total. The molecule has 10 heteroatoms. The largest absolute Gasteiger partial charge is 0.416 e. The summed E-state index contributed by atoms with van der Waals surface area (Å²) in [6, 6.07) is 7.03. The van der Waals surface area contributed by atoms with Crippen molar-refractivity contribution in [3.05, 3.63) is 65.5 Å². The monoisotopic (exact) mass is 362 g/mol. The van der Waals surface area contributed by atoms with Crippen LogP contribution < -0.4 is 10.3 Å². The van der Waals surface area contributed by atoms with Crippen molar-refractivity contribution in [3.63, 3.8) is 0 Å². The minimum Gasteiger partial charge on any atom is -0.273 e. The minimum absolute atomic E-state index is 0.00785. The normalized spacial score (nSPS) is 12.0. The lowest BCUT2D eigenvalue weighted by atomic mass is 10.2. The average Bonchev–Trinajstić information content (AvgIpc) is 2.53. The molecule has 0 spiro atoms. The predicted molar refractivity (Wildman–Crippen MR) is 75.6 cm³/mol. The van der Waals surface area contributed by atoms with Crippen LogP contribution in [0, 0.1) is 5.82 Å². The summed E-state index contributed by atoms with van der Waals surface area (Å²) < 4.78 is 73.9. The van der Waals surface area contributed by atoms with Gasteiger partial charge >= 0.3 is 6.18 Å². The first-order valence-electron chi connectivity index (χ1n) is 6.34. The highest BCUT2D eigenvalue weighted by Crippen LogP contribution is 2.29. The quantitative estimate of drug-likeness (QED) is 0.648. The third-order valence-corrected chi connectivity index (χ3v) is 4.16. The molecule has 24 heavy (non-hydrogen) atoms. The SMILES string of the molecule is O=C(NNS(=O)(=O)c1ccc(C(F)(F)F)cc1)c1ccc(F)cc1. The highest BCUT2D eigenvalue weighted by molar-refractivity contribution is 7.89. The highest BCUT2D eigenvalue weighted by Gasteiger charge is 2.30. The number of rotatable bonds is 4. The van der Waals surface area contributed by atoms with Gasteiger partial charge in [-0.2, -0.15) is 13.2 Å². The second-order valence-corrected chi connectivity index (χ2v) is 6.27. The van der Waals surface area contributed by atoms with E-state index in [1.807, 2.05) is 5.43 Å². The number of sulfonamides is 1. The fourth-order valence-corrected chi connectivity index (χ4v) is 2.51. The Bertz CT molecular complexity index is 832. The summed E-state index contributed by atoms with van der Waals surface area (Å²) in [6.07, 6.45) is -4.59. The average molecular weight is 362 g/mol. The van der Waals surface area contributed by atoms with Crippen LogP contribution >= 0.6 is 0 Å². The van der Waals surface area contributed by atoms with E-state index in [9.17, 15) is 30.8 Å². The molecule has 1 amide bonds. The number of nitrogens with one attached hydrogen (secondary N) is 2. The van der Waals surface area contributed by atoms with Crippen molar-refractivity contribution in [2.24, 2.45) is 0 Å². The van der Waals surface area contributed by atoms with E-state index in [0.717, 1.165) is 36.4 Å². The number of amides is 1. The third-order valence-electron chi connectivity index (χ3n) is 2.90. The molecule has 0 unspecified atom stereocenters. The molecule has 0 atom stereocenters. The minimum atomic E-state index is -4.59. The number of hydrogen-bond donors (Lipinski definition) is 2. The van der Waals surface area contributed by atoms with E-state index in [0.29, 0.717) is 12.1 Å². The van der Waals surface area contributed by atoms with E-state index in [1.165, 1.54) is 0 Å². The molecular formula is C14H10F4N2O3S. The summed E-state index contributed by atoms with van der Waals surface area (Å²) in [7, 11) is -4.26. The topological polar surface area (TPSA) is 75.3 Å². The first-order valence-corrected chi connectivity index (χ1v) is 7.83. The lowest BCUT2D eigenvalue weighted by Gasteiger charge is -2.10. The number of hydrogen-bond acceptors (Lipinski definition) is 3. The zero-order valence-electron chi connectivity index (χ0n) is 11.8. The Balaban J connectivity index is 2.08. The lowest BCUT2D eigenvalue weighted by molar-refractivity contribution is -0.137. The fraction of sp³-hybridized carbons (Fsp3) is 0.0714. The Hall–Kier alpha value is -2.46. The van der Waals surface area contributed by atoms with Crippen molar-refractivity contribution < 1.29 is 30.8 Å². The summed E-state index contributed by atoms with van der Waals surface area (Å²) >= 11 is 0. The van der Waals surface area contributed by atoms with Gasteiger partial charge in [0.15, 0.2) is 0 Å². The van der Waals surface area contributed by atoms with Crippen LogP contribution in [0.4, 0.5) is 17.6 Å². The summed E-state index contributed by atoms with van der Waals surface area (Å²) in [6.45, 7) is 0. The summed E-state index contributed by atoms with van der Waals surface area (Å²) in [5.74, 6) is -1.43. The van der Waals surface area contributed by atoms with Crippen LogP contribution in [0.1, 0.15) is 15.9 Å². The Morgan fingerprint density at radius 1 is 0.917 bits per heavy atom. The van der Waals surface area contributed by atoms with Gasteiger partial charge in [-0.25, -0.2) is 12.8 Å². The van der Waals surface area contributed by atoms with E-state index in [1.54, 1.807) is 4.83 Å². The van der Waals surface area contributed by atoms with Crippen molar-refractivity contribution >= 4 is 15.9 Å². The Morgan fingerprint density at radius 3 is 1.96 bits per heavy atom. The van der Waals surface area contributed by atoms with Gasteiger partial charge in [-0.05, 0) is 48.5 Å². The van der Waals surface area contributed by atoms with Gasteiger partial charge in [-0.1, -0.05) is 0 Å². The first-order chi connectivity index (χ1) is 11.1. The zero-order chi connectivity index (χ0) is 18.0. The van der Waals surface area contributed by atoms with Gasteiger partial charge in [0.1, 0.15) is 5.82 Å². The molecule has 0 aliphatic heterocycles. The number of carbonyl (C=O) groups is 1. The molecule has 0 saturated carbocycles. The van der Waals surface area contributed by atoms with Gasteiger partial charge < -0.3 is 0 Å². The van der Waals surface area contributed by atoms with Crippen molar-refractivity contribution in [2.75, 3.05) is 0 Å². The predicted octanol–water partition coefficient (Wildman–Crippen LogP) is 2.47. The number of benzene rings is 2. The molecule has 2 N–H and O–H groups in total. The Kier molecular flexibility index (Phi) is 4.90. The van der Waals surface area contributed by atoms with Crippen LogP contribution in [-0.2, 0) is 16.2 Å². The van der Waals surface area contributed by atoms with Gasteiger partial charge in [0.2, 0.25) is 0 Å². The molecule has 0 aromatic heterocycles. The number of alkyl halides is 3. The molecule has 0 aliphatic rings. The fourth-order valence-electron chi connectivity index (χ4n) is 1.67. The van der Waals surface area contributed by atoms with Crippen molar-refractivity contribution in [2.45, 2.75) is 11.1 Å². The second-order valence-electron chi connectivity index (χ2n) is 4.59. The zero-order valence-corrected chi connectivity index (χ0v) is 12.6. The number of hydrazine groups is 1. The maximum Gasteiger partial charge on any atom is 0.416 e. The van der Waals surface area contributed by atoms with Crippen LogP contribution in [0.5, 0.6) is 0 Å². The van der Waals surface area contributed by atoms with Crippen molar-refractivity contribution in [1.82, 2.24) is 10.3 Å². The van der Waals surface area contributed by atoms with Gasteiger partial charge in [0.05, 0.1) is 10.5 Å². The summed E-state index contributed by atoms with van der Waals surface area (Å²) in [5.41, 5.74) is 0.870. The molecule has 2 aromatic carbocycles. The number of carbonyl (C=O) groups excluding carboxylic acids is 1. The van der Waals surface area contributed by atoms with Gasteiger partial charge in [0, 0.05) is 5.56 Å². The molecule has 2 aromatic rings. The van der Waals surface area contributed by atoms with E-state index < -0.39 is 38.4 Å². The van der Waals surface area contributed by atoms with Crippen LogP contribution in [-0.4, -0.2) is 14.3 Å². The second kappa shape index (κ2) is 6.57. The molecule has 0 bridgehead atoms. The van der Waals surface area contributed by atoms with Crippen LogP contribution in [0.3, 0.4) is 0 Å². The van der Waals surface area contributed by atoms with E-state index in [-0.39, 0.29) is 5.56 Å². The Labute approximate surface area is 134 Å². The van der Waals surface area contributed by atoms with Gasteiger partial charge in [-0.3, -0.25) is 10.2 Å². The smallest absolute Gasteiger partial charge is 0.273 e. The molecule has 128 valence electrons. The molecule has 0 fully saturated rings. The molecule has 0 saturated heterocycles. The third kappa shape index (κ3) is 4.30.